The Morgan fingerprint density at radius 3 is 2.35 bits per heavy atom. The molecular formula is C29H22Cl2F7N7O4. The number of benzene rings is 2. The maximum atomic E-state index is 15.1. The predicted octanol–water partition coefficient (Wildman–Crippen LogP) is 3.35. The lowest BCUT2D eigenvalue weighted by molar-refractivity contribution is -0.578. The summed E-state index contributed by atoms with van der Waals surface area (Å²) in [4.78, 5) is 37.4. The molecule has 0 saturated carbocycles. The normalized spacial score (nSPS) is 16.2. The molecule has 0 bridgehead atoms. The quantitative estimate of drug-likeness (QED) is 0.187. The van der Waals surface area contributed by atoms with E-state index in [-0.39, 0.29) is 33.2 Å². The third-order valence-electron chi connectivity index (χ3n) is 7.39. The number of carbonyl (C=O) groups is 2. The fourth-order valence-corrected chi connectivity index (χ4v) is 5.55. The third-order valence-corrected chi connectivity index (χ3v) is 8.14. The highest BCUT2D eigenvalue weighted by molar-refractivity contribution is 6.42. The summed E-state index contributed by atoms with van der Waals surface area (Å²) < 4.78 is 88.9. The van der Waals surface area contributed by atoms with E-state index >= 15 is 4.39 Å². The Labute approximate surface area is 280 Å². The van der Waals surface area contributed by atoms with Crippen LogP contribution in [-0.2, 0) is 17.4 Å². The first-order valence-electron chi connectivity index (χ1n) is 14.0. The summed E-state index contributed by atoms with van der Waals surface area (Å²) in [6.07, 6.45) is -8.53. The van der Waals surface area contributed by atoms with Crippen LogP contribution < -0.4 is 26.7 Å². The number of H-pyrrole nitrogens is 1. The number of nitrogens with one attached hydrogen (secondary N) is 4. The van der Waals surface area contributed by atoms with Gasteiger partial charge in [-0.15, -0.1) is 0 Å². The number of halogens is 9. The van der Waals surface area contributed by atoms with Crippen molar-refractivity contribution in [2.45, 2.75) is 24.9 Å². The van der Waals surface area contributed by atoms with Crippen LogP contribution in [0.15, 0.2) is 59.5 Å². The largest absolute Gasteiger partial charge is 0.542 e. The molecule has 11 nitrogen and oxygen atoms in total. The lowest BCUT2D eigenvalue weighted by atomic mass is 10.0. The van der Waals surface area contributed by atoms with Gasteiger partial charge in [0.2, 0.25) is 0 Å². The number of amides is 1. The number of aromatic amines is 1. The van der Waals surface area contributed by atoms with Crippen molar-refractivity contribution in [2.75, 3.05) is 25.0 Å². The monoisotopic (exact) mass is 735 g/mol. The van der Waals surface area contributed by atoms with Gasteiger partial charge in [-0.05, 0) is 48.0 Å². The number of aromatic nitrogens is 2. The number of rotatable bonds is 4. The van der Waals surface area contributed by atoms with Crippen LogP contribution in [0.5, 0.6) is 0 Å². The van der Waals surface area contributed by atoms with Crippen molar-refractivity contribution in [3.63, 3.8) is 0 Å². The summed E-state index contributed by atoms with van der Waals surface area (Å²) in [6.45, 7) is 1.44. The number of alkyl halides is 6. The number of aliphatic carboxylic acids is 1. The Morgan fingerprint density at radius 2 is 1.71 bits per heavy atom. The van der Waals surface area contributed by atoms with Crippen molar-refractivity contribution in [3.8, 4) is 0 Å². The van der Waals surface area contributed by atoms with Gasteiger partial charge in [-0.25, -0.2) is 14.3 Å². The maximum absolute atomic E-state index is 15.1. The van der Waals surface area contributed by atoms with Crippen molar-refractivity contribution in [3.05, 3.63) is 103 Å². The number of carboxylic acid groups (broad SMARTS) is 1. The maximum Gasteiger partial charge on any atom is 0.430 e. The summed E-state index contributed by atoms with van der Waals surface area (Å²) >= 11 is 12.5. The second kappa shape index (κ2) is 13.6. The van der Waals surface area contributed by atoms with E-state index in [2.05, 4.69) is 21.0 Å². The van der Waals surface area contributed by atoms with Crippen molar-refractivity contribution in [1.29, 1.82) is 0 Å². The Kier molecular flexibility index (Phi) is 9.85. The van der Waals surface area contributed by atoms with Gasteiger partial charge in [-0.3, -0.25) is 14.0 Å². The molecule has 2 aliphatic rings. The third kappa shape index (κ3) is 7.60. The van der Waals surface area contributed by atoms with Crippen LogP contribution in [0.25, 0.3) is 5.52 Å². The SMILES string of the molecule is O=C([O-])C(F)(F)F.O=C(c1cc(Cc2c[nH]c(=O)c3cc(Cl)c(Cl)n23)ccc1F)N1NC(Nc2ccc(C(F)(F)F)cc2)=[N+]2CCNCC12. The molecule has 2 aromatic carbocycles. The van der Waals surface area contributed by atoms with E-state index in [1.165, 1.54) is 52.0 Å². The molecule has 0 radical (unpaired) electrons. The number of fused-ring (bicyclic) bond motifs is 2. The number of hydrogen-bond donors (Lipinski definition) is 4. The smallest absolute Gasteiger partial charge is 0.430 e. The van der Waals surface area contributed by atoms with Crippen LogP contribution >= 0.6 is 23.2 Å². The van der Waals surface area contributed by atoms with E-state index in [0.717, 1.165) is 12.1 Å². The Hall–Kier alpha value is -4.81. The number of guanidine groups is 1. The van der Waals surface area contributed by atoms with Gasteiger partial charge in [-0.2, -0.15) is 36.8 Å². The number of anilines is 1. The lowest BCUT2D eigenvalue weighted by Crippen LogP contribution is -2.54. The molecule has 1 amide bonds. The zero-order valence-corrected chi connectivity index (χ0v) is 26.0. The van der Waals surface area contributed by atoms with Gasteiger partial charge in [-0.1, -0.05) is 29.3 Å². The molecule has 49 heavy (non-hydrogen) atoms. The van der Waals surface area contributed by atoms with E-state index in [9.17, 15) is 35.9 Å². The van der Waals surface area contributed by atoms with Crippen LogP contribution in [0.4, 0.5) is 36.4 Å². The molecule has 0 aliphatic carbocycles. The van der Waals surface area contributed by atoms with E-state index in [4.69, 9.17) is 33.1 Å². The van der Waals surface area contributed by atoms with Crippen molar-refractivity contribution in [2.24, 2.45) is 0 Å². The van der Waals surface area contributed by atoms with Crippen LogP contribution in [0.3, 0.4) is 0 Å². The van der Waals surface area contributed by atoms with Gasteiger partial charge >= 0.3 is 18.3 Å². The van der Waals surface area contributed by atoms with E-state index in [0.29, 0.717) is 42.5 Å². The van der Waals surface area contributed by atoms with E-state index in [1.54, 1.807) is 0 Å². The van der Waals surface area contributed by atoms with Gasteiger partial charge in [0.15, 0.2) is 6.17 Å². The number of hydrogen-bond acceptors (Lipinski definition) is 7. The molecule has 260 valence electrons. The molecule has 4 N–H and O–H groups in total. The van der Waals surface area contributed by atoms with Gasteiger partial charge in [0.25, 0.3) is 11.5 Å². The van der Waals surface area contributed by atoms with Crippen LogP contribution in [0.1, 0.15) is 27.2 Å². The molecule has 6 rings (SSSR count). The Bertz CT molecular complexity index is 2010. The highest BCUT2D eigenvalue weighted by Crippen LogP contribution is 2.30. The first kappa shape index (κ1) is 35.5. The van der Waals surface area contributed by atoms with E-state index in [1.807, 2.05) is 4.58 Å². The average Bonchev–Trinajstić information content (AvgIpc) is 3.56. The predicted molar refractivity (Wildman–Crippen MR) is 159 cm³/mol. The summed E-state index contributed by atoms with van der Waals surface area (Å²) in [7, 11) is 0. The number of nitrogens with zero attached hydrogens (tertiary/aromatic N) is 3. The highest BCUT2D eigenvalue weighted by Gasteiger charge is 2.43. The van der Waals surface area contributed by atoms with Crippen molar-refractivity contribution in [1.82, 2.24) is 25.1 Å². The zero-order chi connectivity index (χ0) is 35.8. The molecule has 1 atom stereocenters. The van der Waals surface area contributed by atoms with Gasteiger partial charge in [0, 0.05) is 24.9 Å². The minimum Gasteiger partial charge on any atom is -0.542 e. The van der Waals surface area contributed by atoms with Crippen LogP contribution in [0.2, 0.25) is 10.2 Å². The van der Waals surface area contributed by atoms with Crippen molar-refractivity contribution >= 4 is 52.2 Å². The second-order valence-corrected chi connectivity index (χ2v) is 11.4. The number of piperazine rings is 1. The lowest BCUT2D eigenvalue weighted by Gasteiger charge is -2.26. The first-order valence-corrected chi connectivity index (χ1v) is 14.7. The summed E-state index contributed by atoms with van der Waals surface area (Å²) in [6, 6.07) is 10.1. The fourth-order valence-electron chi connectivity index (χ4n) is 5.11. The van der Waals surface area contributed by atoms with Gasteiger partial charge in [0.05, 0.1) is 34.9 Å². The number of hydrazine groups is 1. The molecule has 0 spiro atoms. The molecule has 4 aromatic rings. The fraction of sp³-hybridized carbons (Fsp3) is 0.241. The molecule has 4 heterocycles. The molecule has 2 aromatic heterocycles. The minimum atomic E-state index is -5.19. The Morgan fingerprint density at radius 1 is 1.04 bits per heavy atom. The molecule has 1 unspecified atom stereocenters. The Balaban J connectivity index is 0.000000606. The number of carboxylic acids is 1. The molecule has 2 aliphatic heterocycles. The van der Waals surface area contributed by atoms with Crippen LogP contribution in [0, 0.1) is 5.82 Å². The number of carbonyl (C=O) groups excluding carboxylic acids is 2. The van der Waals surface area contributed by atoms with Crippen molar-refractivity contribution < 1.29 is 50.0 Å². The molecular weight excluding hydrogens is 714 g/mol. The highest BCUT2D eigenvalue weighted by atomic mass is 35.5. The summed E-state index contributed by atoms with van der Waals surface area (Å²) in [5.74, 6) is -4.02. The van der Waals surface area contributed by atoms with Gasteiger partial charge in [0.1, 0.15) is 22.5 Å². The second-order valence-electron chi connectivity index (χ2n) is 10.6. The van der Waals surface area contributed by atoms with Crippen LogP contribution in [-0.4, -0.2) is 68.8 Å². The summed E-state index contributed by atoms with van der Waals surface area (Å²) in [5.41, 5.74) is 3.36. The molecule has 1 fully saturated rings. The average molecular weight is 736 g/mol. The topological polar surface area (TPSA) is 137 Å². The van der Waals surface area contributed by atoms with E-state index < -0.39 is 41.8 Å². The minimum absolute atomic E-state index is 0.154. The zero-order valence-electron chi connectivity index (χ0n) is 24.5. The van der Waals surface area contributed by atoms with Gasteiger partial charge < -0.3 is 20.2 Å². The molecule has 1 saturated heterocycles. The standard InChI is InChI=1S/C27H21Cl2F4N7O2.C2HF3O2/c28-19-11-21-24(41)35-12-17(39(21)23(19)29)9-14-1-6-20(30)18(10-14)25(42)40-22-13-34-7-8-38(22)26(37-40)36-16-4-2-15(3-5-16)27(31,32)33;3-2(4,5)1(6)7/h1-6,10-12,22,34H,7-9,13H2,(H2,35,36,37,41);(H,6,7). The summed E-state index contributed by atoms with van der Waals surface area (Å²) in [5, 5.41) is 16.7. The first-order chi connectivity index (χ1) is 23.0. The molecule has 20 heteroatoms.